The molecular formula is C6H18N6. The second-order valence-electron chi connectivity index (χ2n) is 2.67. The second-order valence-corrected chi connectivity index (χ2v) is 2.67. The van der Waals surface area contributed by atoms with Crippen molar-refractivity contribution in [2.75, 3.05) is 0 Å². The zero-order chi connectivity index (χ0) is 9.56. The van der Waals surface area contributed by atoms with Crippen molar-refractivity contribution in [2.24, 2.45) is 17.3 Å². The summed E-state index contributed by atoms with van der Waals surface area (Å²) in [6, 6.07) is 0. The first-order chi connectivity index (χ1) is 5.57. The first kappa shape index (κ1) is 11.3. The number of nitrogens with one attached hydrogen (secondary N) is 3. The van der Waals surface area contributed by atoms with Gasteiger partial charge in [0.05, 0.1) is 6.17 Å². The number of rotatable bonds is 5. The molecule has 0 spiro atoms. The van der Waals surface area contributed by atoms with Crippen LogP contribution in [-0.2, 0) is 0 Å². The van der Waals surface area contributed by atoms with Crippen LogP contribution in [0.3, 0.4) is 0 Å². The lowest BCUT2D eigenvalue weighted by Crippen LogP contribution is -2.46. The molecule has 0 aromatic carbocycles. The van der Waals surface area contributed by atoms with Crippen LogP contribution in [0.25, 0.3) is 0 Å². The zero-order valence-electron chi connectivity index (χ0n) is 7.52. The summed E-state index contributed by atoms with van der Waals surface area (Å²) >= 11 is 0. The molecule has 0 radical (unpaired) electrons. The van der Waals surface area contributed by atoms with Crippen molar-refractivity contribution in [3.05, 3.63) is 11.3 Å². The van der Waals surface area contributed by atoms with Crippen LogP contribution >= 0.6 is 0 Å². The zero-order valence-corrected chi connectivity index (χ0v) is 7.52. The smallest absolute Gasteiger partial charge is 0.0559 e. The highest BCUT2D eigenvalue weighted by Gasteiger charge is 1.99. The molecule has 0 aromatic rings. The van der Waals surface area contributed by atoms with Crippen molar-refractivity contribution in [2.45, 2.75) is 26.4 Å². The maximum Gasteiger partial charge on any atom is 0.0559 e. The molecule has 72 valence electrons. The van der Waals surface area contributed by atoms with Gasteiger partial charge in [-0.3, -0.25) is 5.84 Å². The molecule has 12 heavy (non-hydrogen) atoms. The SMILES string of the molecule is C/C(CC(N)N)=C(\C)NNNN. The molecule has 0 amide bonds. The van der Waals surface area contributed by atoms with E-state index in [1.54, 1.807) is 0 Å². The lowest BCUT2D eigenvalue weighted by molar-refractivity contribution is 0.483. The minimum absolute atomic E-state index is 0.312. The Bertz CT molecular complexity index is 152. The first-order valence-corrected chi connectivity index (χ1v) is 3.72. The van der Waals surface area contributed by atoms with Crippen LogP contribution in [0, 0.1) is 0 Å². The van der Waals surface area contributed by atoms with Gasteiger partial charge in [0.15, 0.2) is 0 Å². The van der Waals surface area contributed by atoms with E-state index in [-0.39, 0.29) is 6.17 Å². The fraction of sp³-hybridized carbons (Fsp3) is 0.667. The summed E-state index contributed by atoms with van der Waals surface area (Å²) in [5.41, 5.74) is 20.5. The maximum atomic E-state index is 5.41. The molecule has 0 heterocycles. The molecule has 0 bridgehead atoms. The van der Waals surface area contributed by atoms with Crippen molar-refractivity contribution in [1.29, 1.82) is 0 Å². The van der Waals surface area contributed by atoms with Gasteiger partial charge in [-0.2, -0.15) is 11.1 Å². The first-order valence-electron chi connectivity index (χ1n) is 3.72. The third-order valence-electron chi connectivity index (χ3n) is 1.50. The van der Waals surface area contributed by atoms with Crippen molar-refractivity contribution in [3.63, 3.8) is 0 Å². The normalized spacial score (nSPS) is 13.2. The van der Waals surface area contributed by atoms with Crippen molar-refractivity contribution >= 4 is 0 Å². The number of hydrogen-bond donors (Lipinski definition) is 6. The van der Waals surface area contributed by atoms with Crippen LogP contribution < -0.4 is 33.8 Å². The van der Waals surface area contributed by atoms with Gasteiger partial charge in [-0.25, -0.2) is 0 Å². The number of allylic oxidation sites excluding steroid dienone is 1. The van der Waals surface area contributed by atoms with Crippen molar-refractivity contribution in [3.8, 4) is 0 Å². The average molecular weight is 174 g/mol. The molecule has 0 rings (SSSR count). The molecule has 6 heteroatoms. The summed E-state index contributed by atoms with van der Waals surface area (Å²) in [5.74, 6) is 4.98. The van der Waals surface area contributed by atoms with E-state index in [1.165, 1.54) is 0 Å². The lowest BCUT2D eigenvalue weighted by atomic mass is 10.1. The second kappa shape index (κ2) is 5.92. The largest absolute Gasteiger partial charge is 0.316 e. The van der Waals surface area contributed by atoms with E-state index in [2.05, 4.69) is 16.5 Å². The van der Waals surface area contributed by atoms with E-state index in [4.69, 9.17) is 17.3 Å². The minimum Gasteiger partial charge on any atom is -0.316 e. The molecule has 0 aromatic heterocycles. The molecule has 9 N–H and O–H groups in total. The van der Waals surface area contributed by atoms with E-state index in [0.717, 1.165) is 11.3 Å². The van der Waals surface area contributed by atoms with Gasteiger partial charge in [0, 0.05) is 5.70 Å². The highest BCUT2D eigenvalue weighted by atomic mass is 15.7. The summed E-state index contributed by atoms with van der Waals surface area (Å²) < 4.78 is 0. The molecule has 0 fully saturated rings. The molecule has 0 aliphatic carbocycles. The van der Waals surface area contributed by atoms with Crippen LogP contribution in [0.15, 0.2) is 11.3 Å². The Morgan fingerprint density at radius 3 is 2.33 bits per heavy atom. The fourth-order valence-electron chi connectivity index (χ4n) is 0.743. The van der Waals surface area contributed by atoms with Gasteiger partial charge in [-0.15, -0.1) is 0 Å². The van der Waals surface area contributed by atoms with Crippen molar-refractivity contribution in [1.82, 2.24) is 16.5 Å². The molecule has 6 nitrogen and oxygen atoms in total. The lowest BCUT2D eigenvalue weighted by Gasteiger charge is -2.12. The predicted octanol–water partition coefficient (Wildman–Crippen LogP) is -1.61. The summed E-state index contributed by atoms with van der Waals surface area (Å²) in [7, 11) is 0. The van der Waals surface area contributed by atoms with E-state index in [9.17, 15) is 0 Å². The Morgan fingerprint density at radius 2 is 1.92 bits per heavy atom. The molecule has 0 unspecified atom stereocenters. The Labute approximate surface area is 72.5 Å². The summed E-state index contributed by atoms with van der Waals surface area (Å²) in [6.07, 6.45) is 0.345. The number of hydrazine groups is 3. The maximum absolute atomic E-state index is 5.41. The molecule has 0 aliphatic heterocycles. The monoisotopic (exact) mass is 174 g/mol. The van der Waals surface area contributed by atoms with Crippen LogP contribution in [0.2, 0.25) is 0 Å². The topological polar surface area (TPSA) is 114 Å². The fourth-order valence-corrected chi connectivity index (χ4v) is 0.743. The average Bonchev–Trinajstić information content (AvgIpc) is 1.98. The number of nitrogens with two attached hydrogens (primary N) is 3. The Hall–Kier alpha value is -0.660. The van der Waals surface area contributed by atoms with Gasteiger partial charge in [0.2, 0.25) is 0 Å². The van der Waals surface area contributed by atoms with E-state index < -0.39 is 0 Å². The van der Waals surface area contributed by atoms with Crippen LogP contribution in [0.5, 0.6) is 0 Å². The standard InChI is InChI=1S/C6H18N6/c1-4(3-6(7)8)5(2)10-12-11-9/h6,10-12H,3,7-9H2,1-2H3/b5-4-. The van der Waals surface area contributed by atoms with Gasteiger partial charge in [0.1, 0.15) is 0 Å². The molecule has 0 aliphatic rings. The van der Waals surface area contributed by atoms with Gasteiger partial charge in [-0.1, -0.05) is 5.57 Å². The molecule has 0 atom stereocenters. The molecular weight excluding hydrogens is 156 g/mol. The van der Waals surface area contributed by atoms with E-state index >= 15 is 0 Å². The highest BCUT2D eigenvalue weighted by molar-refractivity contribution is 5.07. The van der Waals surface area contributed by atoms with Gasteiger partial charge >= 0.3 is 0 Å². The summed E-state index contributed by atoms with van der Waals surface area (Å²) in [5, 5.41) is 0. The van der Waals surface area contributed by atoms with Crippen LogP contribution in [0.1, 0.15) is 20.3 Å². The van der Waals surface area contributed by atoms with Gasteiger partial charge < -0.3 is 16.9 Å². The third-order valence-corrected chi connectivity index (χ3v) is 1.50. The van der Waals surface area contributed by atoms with E-state index in [0.29, 0.717) is 6.42 Å². The quantitative estimate of drug-likeness (QED) is 0.170. The van der Waals surface area contributed by atoms with E-state index in [1.807, 2.05) is 13.8 Å². The van der Waals surface area contributed by atoms with Gasteiger partial charge in [-0.05, 0) is 20.3 Å². The number of hydrogen-bond acceptors (Lipinski definition) is 6. The Balaban J connectivity index is 3.89. The molecule has 0 saturated carbocycles. The Morgan fingerprint density at radius 1 is 1.33 bits per heavy atom. The highest BCUT2D eigenvalue weighted by Crippen LogP contribution is 2.04. The minimum atomic E-state index is -0.312. The van der Waals surface area contributed by atoms with Gasteiger partial charge in [0.25, 0.3) is 0 Å². The van der Waals surface area contributed by atoms with Crippen molar-refractivity contribution < 1.29 is 0 Å². The van der Waals surface area contributed by atoms with Crippen LogP contribution in [-0.4, -0.2) is 6.17 Å². The summed E-state index contributed by atoms with van der Waals surface area (Å²) in [4.78, 5) is 0. The molecule has 0 saturated heterocycles. The Kier molecular flexibility index (Phi) is 5.60. The van der Waals surface area contributed by atoms with Crippen LogP contribution in [0.4, 0.5) is 0 Å². The predicted molar refractivity (Wildman–Crippen MR) is 48.7 cm³/mol. The third kappa shape index (κ3) is 5.05. The summed E-state index contributed by atoms with van der Waals surface area (Å²) in [6.45, 7) is 3.86.